The van der Waals surface area contributed by atoms with Gasteiger partial charge in [0.1, 0.15) is 5.75 Å². The number of hydrogen-bond donors (Lipinski definition) is 0. The van der Waals surface area contributed by atoms with Gasteiger partial charge in [0, 0.05) is 25.9 Å². The highest BCUT2D eigenvalue weighted by Gasteiger charge is 2.07. The average molecular weight is 270 g/mol. The van der Waals surface area contributed by atoms with E-state index in [1.54, 1.807) is 4.90 Å². The molecule has 0 spiro atoms. The SMILES string of the molecule is CCOc1ccc(CCN(C)C(=O)CCCl)cc1. The quantitative estimate of drug-likeness (QED) is 0.713. The molecule has 0 aliphatic rings. The lowest BCUT2D eigenvalue weighted by Crippen LogP contribution is -2.28. The van der Waals surface area contributed by atoms with Gasteiger partial charge in [-0.1, -0.05) is 12.1 Å². The maximum atomic E-state index is 11.5. The topological polar surface area (TPSA) is 29.5 Å². The molecule has 0 bridgehead atoms. The van der Waals surface area contributed by atoms with Crippen LogP contribution in [0.1, 0.15) is 18.9 Å². The Labute approximate surface area is 114 Å². The zero-order valence-electron chi connectivity index (χ0n) is 11.0. The van der Waals surface area contributed by atoms with E-state index in [1.165, 1.54) is 5.56 Å². The molecule has 0 saturated carbocycles. The summed E-state index contributed by atoms with van der Waals surface area (Å²) >= 11 is 5.54. The second kappa shape index (κ2) is 7.98. The summed E-state index contributed by atoms with van der Waals surface area (Å²) in [5, 5.41) is 0. The maximum Gasteiger partial charge on any atom is 0.223 e. The van der Waals surface area contributed by atoms with Gasteiger partial charge in [-0.25, -0.2) is 0 Å². The molecular weight excluding hydrogens is 250 g/mol. The molecule has 1 aromatic rings. The Morgan fingerprint density at radius 1 is 1.33 bits per heavy atom. The molecule has 0 aliphatic heterocycles. The molecule has 0 heterocycles. The summed E-state index contributed by atoms with van der Waals surface area (Å²) in [6.45, 7) is 3.35. The van der Waals surface area contributed by atoms with Crippen LogP contribution in [0.25, 0.3) is 0 Å². The zero-order chi connectivity index (χ0) is 13.4. The highest BCUT2D eigenvalue weighted by Crippen LogP contribution is 2.12. The van der Waals surface area contributed by atoms with E-state index in [1.807, 2.05) is 38.2 Å². The van der Waals surface area contributed by atoms with Crippen molar-refractivity contribution < 1.29 is 9.53 Å². The van der Waals surface area contributed by atoms with Gasteiger partial charge in [-0.3, -0.25) is 4.79 Å². The lowest BCUT2D eigenvalue weighted by atomic mass is 10.1. The molecule has 4 heteroatoms. The van der Waals surface area contributed by atoms with Crippen LogP contribution in [0.4, 0.5) is 0 Å². The van der Waals surface area contributed by atoms with Crippen molar-refractivity contribution in [3.63, 3.8) is 0 Å². The number of ether oxygens (including phenoxy) is 1. The Hall–Kier alpha value is -1.22. The molecule has 0 unspecified atom stereocenters. The van der Waals surface area contributed by atoms with Crippen LogP contribution in [0.15, 0.2) is 24.3 Å². The van der Waals surface area contributed by atoms with Crippen molar-refractivity contribution in [1.29, 1.82) is 0 Å². The van der Waals surface area contributed by atoms with Crippen LogP contribution in [-0.4, -0.2) is 36.9 Å². The van der Waals surface area contributed by atoms with Gasteiger partial charge < -0.3 is 9.64 Å². The molecule has 0 radical (unpaired) electrons. The Morgan fingerprint density at radius 3 is 2.56 bits per heavy atom. The molecule has 0 saturated heterocycles. The number of alkyl halides is 1. The smallest absolute Gasteiger partial charge is 0.223 e. The first kappa shape index (κ1) is 14.8. The zero-order valence-corrected chi connectivity index (χ0v) is 11.7. The van der Waals surface area contributed by atoms with E-state index in [9.17, 15) is 4.79 Å². The van der Waals surface area contributed by atoms with Crippen molar-refractivity contribution in [2.24, 2.45) is 0 Å². The van der Waals surface area contributed by atoms with E-state index in [0.29, 0.717) is 25.5 Å². The number of hydrogen-bond acceptors (Lipinski definition) is 2. The van der Waals surface area contributed by atoms with E-state index in [0.717, 1.165) is 12.2 Å². The van der Waals surface area contributed by atoms with Crippen molar-refractivity contribution in [2.45, 2.75) is 19.8 Å². The largest absolute Gasteiger partial charge is 0.494 e. The number of nitrogens with zero attached hydrogens (tertiary/aromatic N) is 1. The first-order chi connectivity index (χ1) is 8.67. The third-order valence-electron chi connectivity index (χ3n) is 2.70. The highest BCUT2D eigenvalue weighted by molar-refractivity contribution is 6.18. The van der Waals surface area contributed by atoms with Crippen LogP contribution < -0.4 is 4.74 Å². The van der Waals surface area contributed by atoms with Gasteiger partial charge in [-0.15, -0.1) is 11.6 Å². The van der Waals surface area contributed by atoms with Gasteiger partial charge in [-0.05, 0) is 31.0 Å². The maximum absolute atomic E-state index is 11.5. The summed E-state index contributed by atoms with van der Waals surface area (Å²) in [4.78, 5) is 13.2. The average Bonchev–Trinajstić information content (AvgIpc) is 2.38. The number of amides is 1. The molecule has 1 amide bonds. The standard InChI is InChI=1S/C14H20ClNO2/c1-3-18-13-6-4-12(5-7-13)9-11-16(2)14(17)8-10-15/h4-7H,3,8-11H2,1-2H3. The van der Waals surface area contributed by atoms with Gasteiger partial charge in [0.15, 0.2) is 0 Å². The third-order valence-corrected chi connectivity index (χ3v) is 2.89. The van der Waals surface area contributed by atoms with Crippen LogP contribution in [0.2, 0.25) is 0 Å². The Balaban J connectivity index is 2.41. The van der Waals surface area contributed by atoms with E-state index < -0.39 is 0 Å². The van der Waals surface area contributed by atoms with Crippen molar-refractivity contribution in [3.8, 4) is 5.75 Å². The van der Waals surface area contributed by atoms with Gasteiger partial charge in [0.25, 0.3) is 0 Å². The van der Waals surface area contributed by atoms with Crippen molar-refractivity contribution >= 4 is 17.5 Å². The predicted octanol–water partition coefficient (Wildman–Crippen LogP) is 2.72. The lowest BCUT2D eigenvalue weighted by molar-refractivity contribution is -0.129. The second-order valence-corrected chi connectivity index (χ2v) is 4.46. The normalized spacial score (nSPS) is 10.2. The van der Waals surface area contributed by atoms with Gasteiger partial charge in [0.05, 0.1) is 6.61 Å². The number of carbonyl (C=O) groups is 1. The fourth-order valence-electron chi connectivity index (χ4n) is 1.61. The van der Waals surface area contributed by atoms with Crippen molar-refractivity contribution in [3.05, 3.63) is 29.8 Å². The van der Waals surface area contributed by atoms with Gasteiger partial charge in [0.2, 0.25) is 5.91 Å². The van der Waals surface area contributed by atoms with Crippen LogP contribution >= 0.6 is 11.6 Å². The van der Waals surface area contributed by atoms with E-state index in [4.69, 9.17) is 16.3 Å². The minimum atomic E-state index is 0.0935. The Kier molecular flexibility index (Phi) is 6.58. The molecule has 0 aromatic heterocycles. The number of rotatable bonds is 7. The predicted molar refractivity (Wildman–Crippen MR) is 74.3 cm³/mol. The minimum absolute atomic E-state index is 0.0935. The summed E-state index contributed by atoms with van der Waals surface area (Å²) in [6, 6.07) is 7.98. The number of halogens is 1. The molecule has 0 fully saturated rings. The molecule has 0 aliphatic carbocycles. The van der Waals surface area contributed by atoms with Gasteiger partial charge in [-0.2, -0.15) is 0 Å². The van der Waals surface area contributed by atoms with Crippen molar-refractivity contribution in [2.75, 3.05) is 26.1 Å². The fourth-order valence-corrected chi connectivity index (χ4v) is 1.77. The van der Waals surface area contributed by atoms with Crippen molar-refractivity contribution in [1.82, 2.24) is 4.90 Å². The highest BCUT2D eigenvalue weighted by atomic mass is 35.5. The van der Waals surface area contributed by atoms with E-state index >= 15 is 0 Å². The summed E-state index contributed by atoms with van der Waals surface area (Å²) in [5.74, 6) is 1.36. The first-order valence-electron chi connectivity index (χ1n) is 6.19. The minimum Gasteiger partial charge on any atom is -0.494 e. The van der Waals surface area contributed by atoms with Crippen LogP contribution in [-0.2, 0) is 11.2 Å². The molecule has 18 heavy (non-hydrogen) atoms. The summed E-state index contributed by atoms with van der Waals surface area (Å²) in [6.07, 6.45) is 1.25. The summed E-state index contributed by atoms with van der Waals surface area (Å²) in [5.41, 5.74) is 1.20. The molecular formula is C14H20ClNO2. The Morgan fingerprint density at radius 2 is 2.00 bits per heavy atom. The van der Waals surface area contributed by atoms with Crippen LogP contribution in [0.3, 0.4) is 0 Å². The molecule has 1 rings (SSSR count). The van der Waals surface area contributed by atoms with Gasteiger partial charge >= 0.3 is 0 Å². The second-order valence-electron chi connectivity index (χ2n) is 4.08. The number of carbonyl (C=O) groups excluding carboxylic acids is 1. The monoisotopic (exact) mass is 269 g/mol. The van der Waals surface area contributed by atoms with E-state index in [2.05, 4.69) is 0 Å². The van der Waals surface area contributed by atoms with Crippen LogP contribution in [0, 0.1) is 0 Å². The number of likely N-dealkylation sites (N-methyl/N-ethyl adjacent to an activating group) is 1. The Bertz CT molecular complexity index is 365. The number of benzene rings is 1. The fraction of sp³-hybridized carbons (Fsp3) is 0.500. The summed E-state index contributed by atoms with van der Waals surface area (Å²) in [7, 11) is 1.81. The molecule has 0 N–H and O–H groups in total. The van der Waals surface area contributed by atoms with E-state index in [-0.39, 0.29) is 5.91 Å². The third kappa shape index (κ3) is 4.96. The van der Waals surface area contributed by atoms with Crippen LogP contribution in [0.5, 0.6) is 5.75 Å². The molecule has 1 aromatic carbocycles. The lowest BCUT2D eigenvalue weighted by Gasteiger charge is -2.16. The summed E-state index contributed by atoms with van der Waals surface area (Å²) < 4.78 is 5.38. The first-order valence-corrected chi connectivity index (χ1v) is 6.72. The molecule has 3 nitrogen and oxygen atoms in total. The molecule has 100 valence electrons. The molecule has 0 atom stereocenters.